The fraction of sp³-hybridized carbons (Fsp3) is 0.360. The lowest BCUT2D eigenvalue weighted by Gasteiger charge is -2.38. The van der Waals surface area contributed by atoms with Crippen molar-refractivity contribution in [1.82, 2.24) is 25.2 Å². The summed E-state index contributed by atoms with van der Waals surface area (Å²) in [6.07, 6.45) is 5.51. The molecular formula is C25H25N7O3. The summed E-state index contributed by atoms with van der Waals surface area (Å²) in [5.74, 6) is 0.261. The largest absolute Gasteiger partial charge is 0.505 e. The number of carbonyl (C=O) groups is 2. The van der Waals surface area contributed by atoms with Crippen LogP contribution in [0, 0.1) is 16.7 Å². The summed E-state index contributed by atoms with van der Waals surface area (Å²) >= 11 is 0. The van der Waals surface area contributed by atoms with Gasteiger partial charge in [0.05, 0.1) is 17.1 Å². The van der Waals surface area contributed by atoms with E-state index in [1.165, 1.54) is 12.4 Å². The second-order valence-corrected chi connectivity index (χ2v) is 9.15. The van der Waals surface area contributed by atoms with Crippen molar-refractivity contribution in [3.63, 3.8) is 0 Å². The van der Waals surface area contributed by atoms with Gasteiger partial charge in [0, 0.05) is 44.8 Å². The van der Waals surface area contributed by atoms with Crippen LogP contribution in [0.4, 0.5) is 5.82 Å². The van der Waals surface area contributed by atoms with Crippen LogP contribution in [0.2, 0.25) is 0 Å². The first-order valence-electron chi connectivity index (χ1n) is 11.5. The molecule has 1 spiro atoms. The summed E-state index contributed by atoms with van der Waals surface area (Å²) in [6, 6.07) is 8.79. The van der Waals surface area contributed by atoms with Crippen molar-refractivity contribution in [2.75, 3.05) is 31.6 Å². The molecule has 10 nitrogen and oxygen atoms in total. The molecule has 10 heteroatoms. The number of aromatic hydroxyl groups is 1. The van der Waals surface area contributed by atoms with Gasteiger partial charge in [-0.3, -0.25) is 9.59 Å². The van der Waals surface area contributed by atoms with Gasteiger partial charge in [0.25, 0.3) is 5.91 Å². The number of rotatable bonds is 4. The second kappa shape index (κ2) is 8.83. The van der Waals surface area contributed by atoms with Crippen LogP contribution in [-0.4, -0.2) is 63.5 Å². The van der Waals surface area contributed by atoms with E-state index in [9.17, 15) is 14.7 Å². The Balaban J connectivity index is 1.28. The highest BCUT2D eigenvalue weighted by atomic mass is 16.3. The predicted octanol–water partition coefficient (Wildman–Crippen LogP) is 1.98. The van der Waals surface area contributed by atoms with E-state index in [4.69, 9.17) is 5.26 Å². The first kappa shape index (κ1) is 22.5. The van der Waals surface area contributed by atoms with Gasteiger partial charge in [0.1, 0.15) is 17.6 Å². The van der Waals surface area contributed by atoms with E-state index in [1.807, 2.05) is 24.1 Å². The number of likely N-dealkylation sites (tertiary alicyclic amines) is 1. The van der Waals surface area contributed by atoms with Crippen molar-refractivity contribution in [3.8, 4) is 11.8 Å². The van der Waals surface area contributed by atoms with Crippen LogP contribution < -0.4 is 10.2 Å². The molecular weight excluding hydrogens is 446 g/mol. The highest BCUT2D eigenvalue weighted by molar-refractivity contribution is 6.00. The number of nitriles is 1. The Bertz CT molecular complexity index is 1340. The van der Waals surface area contributed by atoms with E-state index in [2.05, 4.69) is 25.2 Å². The molecule has 178 valence electrons. The van der Waals surface area contributed by atoms with Gasteiger partial charge in [-0.25, -0.2) is 15.0 Å². The molecule has 0 saturated carbocycles. The van der Waals surface area contributed by atoms with Crippen molar-refractivity contribution >= 4 is 28.5 Å². The van der Waals surface area contributed by atoms with Crippen LogP contribution in [0.3, 0.4) is 0 Å². The zero-order valence-electron chi connectivity index (χ0n) is 19.4. The SMILES string of the molecule is CN1CCC2(CCN(c3ccc4c(O)c(C(=O)NCc5ccc(C#N)nc5)ncc4n3)CC2)C1=O. The van der Waals surface area contributed by atoms with Crippen molar-refractivity contribution < 1.29 is 14.7 Å². The maximum atomic E-state index is 12.6. The number of carbonyl (C=O) groups excluding carboxylic acids is 2. The number of hydrogen-bond donors (Lipinski definition) is 2. The van der Waals surface area contributed by atoms with Gasteiger partial charge in [-0.2, -0.15) is 5.26 Å². The predicted molar refractivity (Wildman–Crippen MR) is 127 cm³/mol. The average molecular weight is 472 g/mol. The molecule has 2 fully saturated rings. The topological polar surface area (TPSA) is 135 Å². The fourth-order valence-corrected chi connectivity index (χ4v) is 4.90. The minimum Gasteiger partial charge on any atom is -0.505 e. The second-order valence-electron chi connectivity index (χ2n) is 9.15. The quantitative estimate of drug-likeness (QED) is 0.590. The third-order valence-corrected chi connectivity index (χ3v) is 7.08. The molecule has 0 atom stereocenters. The Morgan fingerprint density at radius 1 is 1.14 bits per heavy atom. The zero-order chi connectivity index (χ0) is 24.6. The summed E-state index contributed by atoms with van der Waals surface area (Å²) < 4.78 is 0. The summed E-state index contributed by atoms with van der Waals surface area (Å²) in [4.78, 5) is 42.0. The van der Waals surface area contributed by atoms with E-state index < -0.39 is 5.91 Å². The maximum Gasteiger partial charge on any atom is 0.274 e. The highest BCUT2D eigenvalue weighted by Gasteiger charge is 2.47. The van der Waals surface area contributed by atoms with E-state index in [-0.39, 0.29) is 29.3 Å². The molecule has 0 bridgehead atoms. The molecule has 3 aromatic rings. The van der Waals surface area contributed by atoms with Crippen molar-refractivity contribution in [2.24, 2.45) is 5.41 Å². The normalized spacial score (nSPS) is 17.1. The van der Waals surface area contributed by atoms with Crippen LogP contribution in [0.5, 0.6) is 5.75 Å². The van der Waals surface area contributed by atoms with Gasteiger partial charge in [-0.1, -0.05) is 6.07 Å². The Labute approximate surface area is 202 Å². The fourth-order valence-electron chi connectivity index (χ4n) is 4.90. The van der Waals surface area contributed by atoms with Crippen LogP contribution in [0.15, 0.2) is 36.7 Å². The number of fused-ring (bicyclic) bond motifs is 1. The summed E-state index contributed by atoms with van der Waals surface area (Å²) in [7, 11) is 1.87. The van der Waals surface area contributed by atoms with Gasteiger partial charge >= 0.3 is 0 Å². The molecule has 3 aromatic heterocycles. The molecule has 2 aliphatic rings. The lowest BCUT2D eigenvalue weighted by atomic mass is 9.77. The third-order valence-electron chi connectivity index (χ3n) is 7.08. The Hall–Kier alpha value is -4.26. The molecule has 0 aliphatic carbocycles. The summed E-state index contributed by atoms with van der Waals surface area (Å²) in [6.45, 7) is 2.48. The lowest BCUT2D eigenvalue weighted by Crippen LogP contribution is -2.44. The number of hydrogen-bond acceptors (Lipinski definition) is 8. The zero-order valence-corrected chi connectivity index (χ0v) is 19.4. The smallest absolute Gasteiger partial charge is 0.274 e. The van der Waals surface area contributed by atoms with Gasteiger partial charge in [-0.05, 0) is 43.0 Å². The molecule has 0 radical (unpaired) electrons. The summed E-state index contributed by atoms with van der Waals surface area (Å²) in [5, 5.41) is 22.7. The standard InChI is InChI=1S/C25H25N7O3/c1-31-9-6-25(24(31)35)7-10-32(11-8-25)20-5-4-18-19(30-20)15-28-21(22(18)33)23(34)29-14-16-2-3-17(12-26)27-13-16/h2-5,13,15,33H,6-11,14H2,1H3,(H,29,34). The van der Waals surface area contributed by atoms with E-state index in [0.717, 1.165) is 50.3 Å². The number of nitrogens with one attached hydrogen (secondary N) is 1. The lowest BCUT2D eigenvalue weighted by molar-refractivity contribution is -0.135. The van der Waals surface area contributed by atoms with E-state index in [1.54, 1.807) is 18.2 Å². The van der Waals surface area contributed by atoms with Crippen LogP contribution in [0.1, 0.15) is 41.0 Å². The van der Waals surface area contributed by atoms with Crippen LogP contribution in [-0.2, 0) is 11.3 Å². The molecule has 0 aromatic carbocycles. The Morgan fingerprint density at radius 2 is 1.91 bits per heavy atom. The minimum absolute atomic E-state index is 0.0857. The number of piperidine rings is 1. The molecule has 0 unspecified atom stereocenters. The van der Waals surface area contributed by atoms with Crippen molar-refractivity contribution in [2.45, 2.75) is 25.8 Å². The van der Waals surface area contributed by atoms with Crippen molar-refractivity contribution in [3.05, 3.63) is 53.6 Å². The molecule has 5 heterocycles. The van der Waals surface area contributed by atoms with E-state index >= 15 is 0 Å². The van der Waals surface area contributed by atoms with Gasteiger partial charge in [-0.15, -0.1) is 0 Å². The number of aromatic nitrogens is 3. The van der Waals surface area contributed by atoms with Gasteiger partial charge in [0.2, 0.25) is 5.91 Å². The highest BCUT2D eigenvalue weighted by Crippen LogP contribution is 2.42. The van der Waals surface area contributed by atoms with Gasteiger partial charge < -0.3 is 20.2 Å². The molecule has 2 saturated heterocycles. The molecule has 2 amide bonds. The van der Waals surface area contributed by atoms with Crippen LogP contribution >= 0.6 is 0 Å². The Morgan fingerprint density at radius 3 is 2.57 bits per heavy atom. The average Bonchev–Trinajstić information content (AvgIpc) is 3.16. The molecule has 2 N–H and O–H groups in total. The molecule has 5 rings (SSSR count). The number of anilines is 1. The first-order valence-corrected chi connectivity index (χ1v) is 11.5. The summed E-state index contributed by atoms with van der Waals surface area (Å²) in [5.41, 5.74) is 1.18. The van der Waals surface area contributed by atoms with E-state index in [0.29, 0.717) is 16.6 Å². The van der Waals surface area contributed by atoms with Crippen LogP contribution in [0.25, 0.3) is 10.9 Å². The maximum absolute atomic E-state index is 12.6. The number of pyridine rings is 3. The number of nitrogens with zero attached hydrogens (tertiary/aromatic N) is 6. The minimum atomic E-state index is -0.523. The Kier molecular flexibility index (Phi) is 5.68. The first-order chi connectivity index (χ1) is 16.9. The monoisotopic (exact) mass is 471 g/mol. The molecule has 35 heavy (non-hydrogen) atoms. The van der Waals surface area contributed by atoms with Gasteiger partial charge in [0.15, 0.2) is 11.4 Å². The third kappa shape index (κ3) is 4.10. The molecule has 2 aliphatic heterocycles. The number of amides is 2. The van der Waals surface area contributed by atoms with Crippen molar-refractivity contribution in [1.29, 1.82) is 5.26 Å².